The minimum atomic E-state index is 0.662. The van der Waals surface area contributed by atoms with E-state index in [1.54, 1.807) is 12.4 Å². The highest BCUT2D eigenvalue weighted by molar-refractivity contribution is 5.80. The Labute approximate surface area is 154 Å². The first-order chi connectivity index (χ1) is 12.8. The summed E-state index contributed by atoms with van der Waals surface area (Å²) in [6.07, 6.45) is 3.57. The van der Waals surface area contributed by atoms with Gasteiger partial charge in [-0.1, -0.05) is 18.2 Å². The molecule has 0 unspecified atom stereocenters. The smallest absolute Gasteiger partial charge is 0.225 e. The average molecular weight is 354 g/mol. The van der Waals surface area contributed by atoms with Crippen LogP contribution in [0.2, 0.25) is 0 Å². The number of aliphatic imine (C=N–C) groups is 1. The summed E-state index contributed by atoms with van der Waals surface area (Å²) in [6, 6.07) is 9.94. The van der Waals surface area contributed by atoms with Gasteiger partial charge < -0.3 is 19.9 Å². The molecule has 26 heavy (non-hydrogen) atoms. The SMILES string of the molecule is CCOc1ccccc1CNC(=NC)N1CCN(c2ncccn2)CC1. The molecule has 1 N–H and O–H groups in total. The molecule has 0 amide bonds. The van der Waals surface area contributed by atoms with E-state index in [0.717, 1.165) is 49.4 Å². The first kappa shape index (κ1) is 18.0. The fourth-order valence-corrected chi connectivity index (χ4v) is 3.03. The zero-order valence-electron chi connectivity index (χ0n) is 15.4. The van der Waals surface area contributed by atoms with Crippen molar-refractivity contribution in [2.75, 3.05) is 44.7 Å². The Morgan fingerprint density at radius 3 is 2.54 bits per heavy atom. The van der Waals surface area contributed by atoms with Crippen LogP contribution in [0.4, 0.5) is 5.95 Å². The van der Waals surface area contributed by atoms with Crippen molar-refractivity contribution in [2.24, 2.45) is 4.99 Å². The van der Waals surface area contributed by atoms with Crippen LogP contribution in [0.1, 0.15) is 12.5 Å². The summed E-state index contributed by atoms with van der Waals surface area (Å²) in [5.74, 6) is 2.62. The number of rotatable bonds is 5. The molecule has 1 saturated heterocycles. The molecule has 7 heteroatoms. The van der Waals surface area contributed by atoms with Gasteiger partial charge in [0, 0.05) is 57.7 Å². The second kappa shape index (κ2) is 9.03. The summed E-state index contributed by atoms with van der Waals surface area (Å²) in [5.41, 5.74) is 1.13. The van der Waals surface area contributed by atoms with Gasteiger partial charge in [0.25, 0.3) is 0 Å². The highest BCUT2D eigenvalue weighted by atomic mass is 16.5. The van der Waals surface area contributed by atoms with E-state index in [1.807, 2.05) is 38.2 Å². The first-order valence-corrected chi connectivity index (χ1v) is 9.00. The third-order valence-corrected chi connectivity index (χ3v) is 4.34. The highest BCUT2D eigenvalue weighted by Crippen LogP contribution is 2.18. The molecule has 1 aliphatic heterocycles. The monoisotopic (exact) mass is 354 g/mol. The van der Waals surface area contributed by atoms with Crippen LogP contribution in [-0.2, 0) is 6.54 Å². The van der Waals surface area contributed by atoms with Crippen molar-refractivity contribution in [3.8, 4) is 5.75 Å². The van der Waals surface area contributed by atoms with Crippen LogP contribution < -0.4 is 15.0 Å². The number of nitrogens with one attached hydrogen (secondary N) is 1. The van der Waals surface area contributed by atoms with E-state index >= 15 is 0 Å². The Balaban J connectivity index is 1.56. The maximum atomic E-state index is 5.70. The largest absolute Gasteiger partial charge is 0.494 e. The molecule has 0 bridgehead atoms. The lowest BCUT2D eigenvalue weighted by Gasteiger charge is -2.36. The molecule has 138 valence electrons. The topological polar surface area (TPSA) is 65.9 Å². The number of anilines is 1. The van der Waals surface area contributed by atoms with Crippen molar-refractivity contribution in [1.82, 2.24) is 20.2 Å². The molecule has 1 fully saturated rings. The summed E-state index contributed by atoms with van der Waals surface area (Å²) in [5, 5.41) is 3.45. The number of aromatic nitrogens is 2. The fourth-order valence-electron chi connectivity index (χ4n) is 3.03. The van der Waals surface area contributed by atoms with Gasteiger partial charge in [0.1, 0.15) is 5.75 Å². The standard InChI is InChI=1S/C19H26N6O/c1-3-26-17-8-5-4-7-16(17)15-23-18(20-2)24-11-13-25(14-12-24)19-21-9-6-10-22-19/h4-10H,3,11-15H2,1-2H3,(H,20,23). The summed E-state index contributed by atoms with van der Waals surface area (Å²) in [6.45, 7) is 6.86. The lowest BCUT2D eigenvalue weighted by molar-refractivity contribution is 0.335. The number of ether oxygens (including phenoxy) is 1. The Kier molecular flexibility index (Phi) is 6.24. The van der Waals surface area contributed by atoms with E-state index in [1.165, 1.54) is 0 Å². The average Bonchev–Trinajstić information content (AvgIpc) is 2.71. The van der Waals surface area contributed by atoms with E-state index in [-0.39, 0.29) is 0 Å². The molecular weight excluding hydrogens is 328 g/mol. The zero-order valence-corrected chi connectivity index (χ0v) is 15.4. The van der Waals surface area contributed by atoms with Crippen LogP contribution in [0.3, 0.4) is 0 Å². The quantitative estimate of drug-likeness (QED) is 0.652. The molecule has 0 radical (unpaired) electrons. The number of guanidine groups is 1. The van der Waals surface area contributed by atoms with E-state index in [0.29, 0.717) is 13.2 Å². The van der Waals surface area contributed by atoms with E-state index in [2.05, 4.69) is 36.1 Å². The number of piperazine rings is 1. The van der Waals surface area contributed by atoms with Crippen molar-refractivity contribution in [3.63, 3.8) is 0 Å². The molecule has 3 rings (SSSR count). The van der Waals surface area contributed by atoms with Crippen LogP contribution in [0.15, 0.2) is 47.7 Å². The predicted octanol–water partition coefficient (Wildman–Crippen LogP) is 1.77. The fraction of sp³-hybridized carbons (Fsp3) is 0.421. The Morgan fingerprint density at radius 1 is 1.12 bits per heavy atom. The van der Waals surface area contributed by atoms with Gasteiger partial charge in [-0.3, -0.25) is 4.99 Å². The summed E-state index contributed by atoms with van der Waals surface area (Å²) in [7, 11) is 1.82. The maximum Gasteiger partial charge on any atom is 0.225 e. The van der Waals surface area contributed by atoms with Gasteiger partial charge in [0.15, 0.2) is 5.96 Å². The van der Waals surface area contributed by atoms with Crippen LogP contribution >= 0.6 is 0 Å². The van der Waals surface area contributed by atoms with E-state index < -0.39 is 0 Å². The van der Waals surface area contributed by atoms with Crippen LogP contribution in [0.5, 0.6) is 5.75 Å². The Bertz CT molecular complexity index is 713. The molecular formula is C19H26N6O. The molecule has 2 heterocycles. The zero-order chi connectivity index (χ0) is 18.2. The van der Waals surface area contributed by atoms with Gasteiger partial charge in [0.05, 0.1) is 6.61 Å². The number of hydrogen-bond donors (Lipinski definition) is 1. The maximum absolute atomic E-state index is 5.70. The third kappa shape index (κ3) is 4.41. The molecule has 1 aromatic carbocycles. The Morgan fingerprint density at radius 2 is 1.85 bits per heavy atom. The van der Waals surface area contributed by atoms with Crippen LogP contribution in [-0.4, -0.2) is 60.7 Å². The van der Waals surface area contributed by atoms with Gasteiger partial charge in [-0.05, 0) is 19.1 Å². The normalized spacial score (nSPS) is 15.1. The third-order valence-electron chi connectivity index (χ3n) is 4.34. The molecule has 1 aromatic heterocycles. The molecule has 0 atom stereocenters. The minimum Gasteiger partial charge on any atom is -0.494 e. The van der Waals surface area contributed by atoms with Crippen molar-refractivity contribution >= 4 is 11.9 Å². The number of para-hydroxylation sites is 1. The summed E-state index contributed by atoms with van der Waals surface area (Å²) < 4.78 is 5.70. The number of nitrogens with zero attached hydrogens (tertiary/aromatic N) is 5. The molecule has 2 aromatic rings. The molecule has 7 nitrogen and oxygen atoms in total. The Hall–Kier alpha value is -2.83. The van der Waals surface area contributed by atoms with Crippen LogP contribution in [0, 0.1) is 0 Å². The number of benzene rings is 1. The summed E-state index contributed by atoms with van der Waals surface area (Å²) >= 11 is 0. The second-order valence-electron chi connectivity index (χ2n) is 5.96. The van der Waals surface area contributed by atoms with Gasteiger partial charge >= 0.3 is 0 Å². The van der Waals surface area contributed by atoms with Gasteiger partial charge in [-0.2, -0.15) is 0 Å². The van der Waals surface area contributed by atoms with Crippen LogP contribution in [0.25, 0.3) is 0 Å². The minimum absolute atomic E-state index is 0.662. The number of hydrogen-bond acceptors (Lipinski definition) is 5. The molecule has 0 aliphatic carbocycles. The highest BCUT2D eigenvalue weighted by Gasteiger charge is 2.21. The molecule has 1 aliphatic rings. The van der Waals surface area contributed by atoms with Gasteiger partial charge in [-0.15, -0.1) is 0 Å². The predicted molar refractivity (Wildman–Crippen MR) is 104 cm³/mol. The van der Waals surface area contributed by atoms with Gasteiger partial charge in [0.2, 0.25) is 5.95 Å². The van der Waals surface area contributed by atoms with Crippen molar-refractivity contribution in [1.29, 1.82) is 0 Å². The van der Waals surface area contributed by atoms with E-state index in [4.69, 9.17) is 4.74 Å². The van der Waals surface area contributed by atoms with Gasteiger partial charge in [-0.25, -0.2) is 9.97 Å². The first-order valence-electron chi connectivity index (χ1n) is 9.00. The molecule has 0 saturated carbocycles. The van der Waals surface area contributed by atoms with Crippen molar-refractivity contribution in [2.45, 2.75) is 13.5 Å². The lowest BCUT2D eigenvalue weighted by atomic mass is 10.2. The second-order valence-corrected chi connectivity index (χ2v) is 5.96. The summed E-state index contributed by atoms with van der Waals surface area (Å²) in [4.78, 5) is 17.6. The molecule has 0 spiro atoms. The van der Waals surface area contributed by atoms with Crippen molar-refractivity contribution in [3.05, 3.63) is 48.3 Å². The van der Waals surface area contributed by atoms with Crippen molar-refractivity contribution < 1.29 is 4.74 Å². The van der Waals surface area contributed by atoms with E-state index in [9.17, 15) is 0 Å². The lowest BCUT2D eigenvalue weighted by Crippen LogP contribution is -2.52.